The molecule has 1 aromatic heterocycles. The zero-order valence-electron chi connectivity index (χ0n) is 12.1. The van der Waals surface area contributed by atoms with Crippen molar-refractivity contribution in [3.05, 3.63) is 53.3 Å². The minimum atomic E-state index is -0.240. The Morgan fingerprint density at radius 3 is 2.62 bits per heavy atom. The van der Waals surface area contributed by atoms with E-state index in [2.05, 4.69) is 22.9 Å². The van der Waals surface area contributed by atoms with E-state index >= 15 is 0 Å². The van der Waals surface area contributed by atoms with Gasteiger partial charge >= 0.3 is 0 Å². The van der Waals surface area contributed by atoms with Crippen molar-refractivity contribution in [1.29, 1.82) is 0 Å². The largest absolute Gasteiger partial charge is 0.379 e. The Kier molecular flexibility index (Phi) is 3.25. The summed E-state index contributed by atoms with van der Waals surface area (Å²) in [5.74, 6) is -0.475. The molecule has 1 aliphatic heterocycles. The minimum Gasteiger partial charge on any atom is -0.379 e. The molecule has 0 unspecified atom stereocenters. The Labute approximate surface area is 123 Å². The van der Waals surface area contributed by atoms with Crippen molar-refractivity contribution in [3.63, 3.8) is 0 Å². The van der Waals surface area contributed by atoms with Crippen molar-refractivity contribution in [1.82, 2.24) is 9.47 Å². The highest BCUT2D eigenvalue weighted by Gasteiger charge is 2.32. The Balaban J connectivity index is 1.80. The van der Waals surface area contributed by atoms with E-state index in [0.29, 0.717) is 17.7 Å². The first-order valence-corrected chi connectivity index (χ1v) is 6.96. The average molecular weight is 283 g/mol. The highest BCUT2D eigenvalue weighted by Crippen LogP contribution is 2.25. The summed E-state index contributed by atoms with van der Waals surface area (Å²) in [4.78, 5) is 24.9. The second-order valence-electron chi connectivity index (χ2n) is 5.07. The number of amides is 2. The molecule has 0 fully saturated rings. The molecule has 2 amide bonds. The van der Waals surface area contributed by atoms with Gasteiger partial charge in [-0.05, 0) is 37.3 Å². The molecular weight excluding hydrogens is 266 g/mol. The van der Waals surface area contributed by atoms with Crippen molar-refractivity contribution in [3.8, 4) is 0 Å². The molecule has 1 N–H and O–H groups in total. The average Bonchev–Trinajstić information content (AvgIpc) is 3.05. The number of aromatic nitrogens is 1. The van der Waals surface area contributed by atoms with Crippen LogP contribution in [-0.4, -0.2) is 28.3 Å². The molecule has 1 aliphatic rings. The number of carbonyl (C=O) groups is 2. The molecule has 1 aromatic carbocycles. The van der Waals surface area contributed by atoms with Gasteiger partial charge in [0, 0.05) is 31.2 Å². The first-order chi connectivity index (χ1) is 10.1. The standard InChI is InChI=1S/C16H17N3O2/c1-3-19-8-4-5-12(19)10-17-11-6-7-13-14(9-11)16(21)18(2)15(13)20/h4-9,17H,3,10H2,1-2H3. The SMILES string of the molecule is CCn1cccc1CNc1ccc2c(c1)C(=O)N(C)C2=O. The lowest BCUT2D eigenvalue weighted by molar-refractivity contribution is 0.0693. The lowest BCUT2D eigenvalue weighted by Crippen LogP contribution is -2.24. The van der Waals surface area contributed by atoms with Crippen molar-refractivity contribution in [2.45, 2.75) is 20.0 Å². The molecule has 0 radical (unpaired) electrons. The van der Waals surface area contributed by atoms with E-state index in [1.807, 2.05) is 18.3 Å². The number of carbonyl (C=O) groups excluding carboxylic acids is 2. The number of hydrogen-bond acceptors (Lipinski definition) is 3. The predicted octanol–water partition coefficient (Wildman–Crippen LogP) is 2.35. The molecule has 5 heteroatoms. The molecule has 108 valence electrons. The van der Waals surface area contributed by atoms with Crippen LogP contribution in [0.4, 0.5) is 5.69 Å². The van der Waals surface area contributed by atoms with Gasteiger partial charge in [-0.15, -0.1) is 0 Å². The van der Waals surface area contributed by atoms with Gasteiger partial charge in [-0.1, -0.05) is 0 Å². The molecule has 0 spiro atoms. The smallest absolute Gasteiger partial charge is 0.261 e. The molecule has 21 heavy (non-hydrogen) atoms. The maximum Gasteiger partial charge on any atom is 0.261 e. The minimum absolute atomic E-state index is 0.235. The first kappa shape index (κ1) is 13.4. The Bertz CT molecular complexity index is 718. The second-order valence-corrected chi connectivity index (χ2v) is 5.07. The molecule has 5 nitrogen and oxygen atoms in total. The number of anilines is 1. The number of aryl methyl sites for hydroxylation is 1. The van der Waals surface area contributed by atoms with Gasteiger partial charge in [-0.25, -0.2) is 0 Å². The third-order valence-electron chi connectivity index (χ3n) is 3.83. The molecule has 3 rings (SSSR count). The summed E-state index contributed by atoms with van der Waals surface area (Å²) in [6, 6.07) is 9.37. The fourth-order valence-corrected chi connectivity index (χ4v) is 2.58. The summed E-state index contributed by atoms with van der Waals surface area (Å²) < 4.78 is 2.16. The summed E-state index contributed by atoms with van der Waals surface area (Å²) in [7, 11) is 1.51. The van der Waals surface area contributed by atoms with Crippen LogP contribution in [0.15, 0.2) is 36.5 Å². The number of benzene rings is 1. The van der Waals surface area contributed by atoms with E-state index < -0.39 is 0 Å². The third-order valence-corrected chi connectivity index (χ3v) is 3.83. The van der Waals surface area contributed by atoms with Gasteiger partial charge in [-0.2, -0.15) is 0 Å². The van der Waals surface area contributed by atoms with Crippen molar-refractivity contribution >= 4 is 17.5 Å². The van der Waals surface area contributed by atoms with E-state index in [4.69, 9.17) is 0 Å². The predicted molar refractivity (Wildman–Crippen MR) is 80.3 cm³/mol. The number of nitrogens with one attached hydrogen (secondary N) is 1. The van der Waals surface area contributed by atoms with Crippen LogP contribution in [0.2, 0.25) is 0 Å². The van der Waals surface area contributed by atoms with Gasteiger partial charge in [0.05, 0.1) is 17.7 Å². The van der Waals surface area contributed by atoms with Crippen LogP contribution >= 0.6 is 0 Å². The number of hydrogen-bond donors (Lipinski definition) is 1. The van der Waals surface area contributed by atoms with E-state index in [9.17, 15) is 9.59 Å². The summed E-state index contributed by atoms with van der Waals surface area (Å²) in [6.45, 7) is 3.70. The number of fused-ring (bicyclic) bond motifs is 1. The van der Waals surface area contributed by atoms with Crippen LogP contribution in [-0.2, 0) is 13.1 Å². The number of nitrogens with zero attached hydrogens (tertiary/aromatic N) is 2. The molecule has 0 aliphatic carbocycles. The van der Waals surface area contributed by atoms with Gasteiger partial charge in [-0.3, -0.25) is 14.5 Å². The normalized spacial score (nSPS) is 13.7. The first-order valence-electron chi connectivity index (χ1n) is 6.96. The van der Waals surface area contributed by atoms with E-state index in [0.717, 1.165) is 17.1 Å². The zero-order chi connectivity index (χ0) is 15.0. The fourth-order valence-electron chi connectivity index (χ4n) is 2.58. The molecule has 0 saturated carbocycles. The van der Waals surface area contributed by atoms with Crippen LogP contribution in [0.1, 0.15) is 33.3 Å². The summed E-state index contributed by atoms with van der Waals surface area (Å²) in [5.41, 5.74) is 2.97. The summed E-state index contributed by atoms with van der Waals surface area (Å²) in [6.07, 6.45) is 2.04. The monoisotopic (exact) mass is 283 g/mol. The maximum atomic E-state index is 12.0. The van der Waals surface area contributed by atoms with Crippen molar-refractivity contribution < 1.29 is 9.59 Å². The summed E-state index contributed by atoms with van der Waals surface area (Å²) in [5, 5.41) is 3.30. The van der Waals surface area contributed by atoms with Gasteiger partial charge in [0.1, 0.15) is 0 Å². The zero-order valence-corrected chi connectivity index (χ0v) is 12.1. The summed E-state index contributed by atoms with van der Waals surface area (Å²) >= 11 is 0. The molecular formula is C16H17N3O2. The van der Waals surface area contributed by atoms with Crippen molar-refractivity contribution in [2.24, 2.45) is 0 Å². The molecule has 0 atom stereocenters. The lowest BCUT2D eigenvalue weighted by Gasteiger charge is -2.10. The van der Waals surface area contributed by atoms with Crippen LogP contribution in [0.25, 0.3) is 0 Å². The fraction of sp³-hybridized carbons (Fsp3) is 0.250. The van der Waals surface area contributed by atoms with E-state index in [1.54, 1.807) is 12.1 Å². The molecule has 0 bridgehead atoms. The Morgan fingerprint density at radius 2 is 1.86 bits per heavy atom. The number of imide groups is 1. The molecule has 2 aromatic rings. The highest BCUT2D eigenvalue weighted by atomic mass is 16.2. The van der Waals surface area contributed by atoms with Crippen LogP contribution in [0, 0.1) is 0 Å². The van der Waals surface area contributed by atoms with Gasteiger partial charge in [0.2, 0.25) is 0 Å². The van der Waals surface area contributed by atoms with Crippen molar-refractivity contribution in [2.75, 3.05) is 12.4 Å². The van der Waals surface area contributed by atoms with E-state index in [1.165, 1.54) is 12.7 Å². The van der Waals surface area contributed by atoms with Gasteiger partial charge < -0.3 is 9.88 Å². The Hall–Kier alpha value is -2.56. The topological polar surface area (TPSA) is 54.3 Å². The number of rotatable bonds is 4. The van der Waals surface area contributed by atoms with Gasteiger partial charge in [0.25, 0.3) is 11.8 Å². The second kappa shape index (κ2) is 5.09. The van der Waals surface area contributed by atoms with Crippen LogP contribution < -0.4 is 5.32 Å². The van der Waals surface area contributed by atoms with Gasteiger partial charge in [0.15, 0.2) is 0 Å². The Morgan fingerprint density at radius 1 is 1.10 bits per heavy atom. The molecule has 2 heterocycles. The lowest BCUT2D eigenvalue weighted by atomic mass is 10.1. The quantitative estimate of drug-likeness (QED) is 0.876. The van der Waals surface area contributed by atoms with Crippen LogP contribution in [0.5, 0.6) is 0 Å². The maximum absolute atomic E-state index is 12.0. The molecule has 0 saturated heterocycles. The van der Waals surface area contributed by atoms with Crippen LogP contribution in [0.3, 0.4) is 0 Å². The highest BCUT2D eigenvalue weighted by molar-refractivity contribution is 6.21. The van der Waals surface area contributed by atoms with E-state index in [-0.39, 0.29) is 11.8 Å². The third kappa shape index (κ3) is 2.20.